The lowest BCUT2D eigenvalue weighted by Crippen LogP contribution is -2.24. The molecule has 1 N–H and O–H groups in total. The second kappa shape index (κ2) is 7.15. The smallest absolute Gasteiger partial charge is 0.225 e. The molecule has 1 aliphatic heterocycles. The van der Waals surface area contributed by atoms with Crippen LogP contribution in [0.15, 0.2) is 54.9 Å². The van der Waals surface area contributed by atoms with Crippen molar-refractivity contribution in [3.63, 3.8) is 0 Å². The van der Waals surface area contributed by atoms with Gasteiger partial charge in [0.05, 0.1) is 20.8 Å². The molecule has 1 amide bonds. The second-order valence-electron chi connectivity index (χ2n) is 6.50. The third-order valence-electron chi connectivity index (χ3n) is 4.92. The maximum Gasteiger partial charge on any atom is 0.225 e. The highest BCUT2D eigenvalue weighted by atomic mass is 16.5. The number of nitrogens with one attached hydrogen (secondary N) is 1. The zero-order valence-corrected chi connectivity index (χ0v) is 15.3. The normalized spacial score (nSPS) is 15.8. The molecular weight excluding hydrogens is 342 g/mol. The van der Waals surface area contributed by atoms with Crippen molar-refractivity contribution < 1.29 is 14.3 Å². The van der Waals surface area contributed by atoms with Crippen LogP contribution in [0, 0.1) is 0 Å². The predicted octanol–water partition coefficient (Wildman–Crippen LogP) is 3.42. The molecule has 0 fully saturated rings. The highest BCUT2D eigenvalue weighted by molar-refractivity contribution is 5.96. The molecule has 0 spiro atoms. The number of nitrogens with zero attached hydrogens (tertiary/aromatic N) is 2. The van der Waals surface area contributed by atoms with Crippen LogP contribution < -0.4 is 14.8 Å². The van der Waals surface area contributed by atoms with Crippen LogP contribution in [0.2, 0.25) is 0 Å². The molecule has 1 aliphatic rings. The Morgan fingerprint density at radius 1 is 1.11 bits per heavy atom. The number of carbonyl (C=O) groups excluding carboxylic acids is 1. The molecule has 1 atom stereocenters. The third-order valence-corrected chi connectivity index (χ3v) is 4.92. The van der Waals surface area contributed by atoms with Gasteiger partial charge in [-0.1, -0.05) is 24.3 Å². The van der Waals surface area contributed by atoms with E-state index < -0.39 is 0 Å². The van der Waals surface area contributed by atoms with Crippen molar-refractivity contribution in [1.29, 1.82) is 0 Å². The molecule has 6 heteroatoms. The number of ether oxygens (including phenoxy) is 2. The second-order valence-corrected chi connectivity index (χ2v) is 6.50. The molecule has 0 saturated heterocycles. The molecule has 4 rings (SSSR count). The van der Waals surface area contributed by atoms with Gasteiger partial charge in [0.25, 0.3) is 0 Å². The molecule has 2 heterocycles. The van der Waals surface area contributed by atoms with Gasteiger partial charge in [-0.05, 0) is 28.8 Å². The van der Waals surface area contributed by atoms with Gasteiger partial charge in [0, 0.05) is 36.5 Å². The van der Waals surface area contributed by atoms with Crippen molar-refractivity contribution in [1.82, 2.24) is 9.78 Å². The van der Waals surface area contributed by atoms with Crippen molar-refractivity contribution in [2.75, 3.05) is 19.5 Å². The first-order valence-electron chi connectivity index (χ1n) is 8.80. The summed E-state index contributed by atoms with van der Waals surface area (Å²) in [5.74, 6) is 1.19. The largest absolute Gasteiger partial charge is 0.493 e. The van der Waals surface area contributed by atoms with Gasteiger partial charge >= 0.3 is 0 Å². The van der Waals surface area contributed by atoms with Crippen LogP contribution in [0.4, 0.5) is 5.69 Å². The summed E-state index contributed by atoms with van der Waals surface area (Å²) in [6.45, 7) is 0.657. The summed E-state index contributed by atoms with van der Waals surface area (Å²) in [6, 6.07) is 13.9. The highest BCUT2D eigenvalue weighted by Gasteiger charge is 2.29. The molecule has 1 aromatic heterocycles. The fraction of sp³-hybridized carbons (Fsp3) is 0.238. The molecule has 27 heavy (non-hydrogen) atoms. The van der Waals surface area contributed by atoms with E-state index in [4.69, 9.17) is 9.47 Å². The lowest BCUT2D eigenvalue weighted by Gasteiger charge is -2.28. The van der Waals surface area contributed by atoms with Crippen molar-refractivity contribution in [3.8, 4) is 11.5 Å². The van der Waals surface area contributed by atoms with Gasteiger partial charge in [-0.25, -0.2) is 0 Å². The molecule has 0 bridgehead atoms. The van der Waals surface area contributed by atoms with E-state index in [-0.39, 0.29) is 11.8 Å². The van der Waals surface area contributed by atoms with Crippen molar-refractivity contribution in [2.45, 2.75) is 18.9 Å². The average molecular weight is 363 g/mol. The molecular formula is C21H21N3O3. The zero-order valence-electron chi connectivity index (χ0n) is 15.3. The number of hydrogen-bond acceptors (Lipinski definition) is 4. The van der Waals surface area contributed by atoms with E-state index in [0.717, 1.165) is 22.4 Å². The lowest BCUT2D eigenvalue weighted by atomic mass is 9.82. The standard InChI is InChI=1S/C21H21N3O3/c1-26-19-10-17-16(11-21(25)23-18(17)12-20(19)27-2)15-7-4-3-6-14(15)13-24-9-5-8-22-24/h3-10,12,16H,11,13H2,1-2H3,(H,23,25). The van der Waals surface area contributed by atoms with Crippen LogP contribution in [0.25, 0.3) is 0 Å². The van der Waals surface area contributed by atoms with Gasteiger partial charge in [0.1, 0.15) is 0 Å². The van der Waals surface area contributed by atoms with Crippen LogP contribution in [-0.4, -0.2) is 29.9 Å². The molecule has 6 nitrogen and oxygen atoms in total. The van der Waals surface area contributed by atoms with E-state index in [1.54, 1.807) is 20.4 Å². The summed E-state index contributed by atoms with van der Waals surface area (Å²) in [6.07, 6.45) is 4.09. The molecule has 2 aromatic carbocycles. The minimum atomic E-state index is -0.0553. The van der Waals surface area contributed by atoms with E-state index in [1.807, 2.05) is 41.2 Å². The summed E-state index contributed by atoms with van der Waals surface area (Å²) >= 11 is 0. The summed E-state index contributed by atoms with van der Waals surface area (Å²) in [5.41, 5.74) is 4.06. The van der Waals surface area contributed by atoms with E-state index in [2.05, 4.69) is 22.5 Å². The molecule has 0 radical (unpaired) electrons. The van der Waals surface area contributed by atoms with Crippen molar-refractivity contribution >= 4 is 11.6 Å². The van der Waals surface area contributed by atoms with E-state index in [9.17, 15) is 4.79 Å². The van der Waals surface area contributed by atoms with Gasteiger partial charge in [-0.2, -0.15) is 5.10 Å². The Bertz CT molecular complexity index is 967. The topological polar surface area (TPSA) is 65.4 Å². The molecule has 0 saturated carbocycles. The molecule has 3 aromatic rings. The summed E-state index contributed by atoms with van der Waals surface area (Å²) < 4.78 is 12.7. The molecule has 1 unspecified atom stereocenters. The Morgan fingerprint density at radius 3 is 2.63 bits per heavy atom. The van der Waals surface area contributed by atoms with Crippen LogP contribution in [0.1, 0.15) is 29.0 Å². The van der Waals surface area contributed by atoms with Crippen LogP contribution >= 0.6 is 0 Å². The Morgan fingerprint density at radius 2 is 1.89 bits per heavy atom. The van der Waals surface area contributed by atoms with Gasteiger partial charge in [-0.3, -0.25) is 9.48 Å². The number of fused-ring (bicyclic) bond motifs is 1. The number of amides is 1. The summed E-state index contributed by atoms with van der Waals surface area (Å²) in [7, 11) is 3.21. The monoisotopic (exact) mass is 363 g/mol. The Balaban J connectivity index is 1.81. The first-order chi connectivity index (χ1) is 13.2. The van der Waals surface area contributed by atoms with Crippen LogP contribution in [-0.2, 0) is 11.3 Å². The first-order valence-corrected chi connectivity index (χ1v) is 8.80. The number of anilines is 1. The fourth-order valence-corrected chi connectivity index (χ4v) is 3.65. The van der Waals surface area contributed by atoms with Gasteiger partial charge in [0.2, 0.25) is 5.91 Å². The van der Waals surface area contributed by atoms with Crippen LogP contribution in [0.5, 0.6) is 11.5 Å². The highest BCUT2D eigenvalue weighted by Crippen LogP contribution is 2.43. The number of hydrogen-bond donors (Lipinski definition) is 1. The Hall–Kier alpha value is -3.28. The first kappa shape index (κ1) is 17.1. The van der Waals surface area contributed by atoms with Crippen molar-refractivity contribution in [3.05, 3.63) is 71.5 Å². The maximum absolute atomic E-state index is 12.4. The molecule has 0 aliphatic carbocycles. The zero-order chi connectivity index (χ0) is 18.8. The predicted molar refractivity (Wildman–Crippen MR) is 102 cm³/mol. The van der Waals surface area contributed by atoms with Gasteiger partial charge in [-0.15, -0.1) is 0 Å². The Kier molecular flexibility index (Phi) is 4.54. The Labute approximate surface area is 157 Å². The maximum atomic E-state index is 12.4. The quantitative estimate of drug-likeness (QED) is 0.754. The number of benzene rings is 2. The van der Waals surface area contributed by atoms with E-state index >= 15 is 0 Å². The number of rotatable bonds is 5. The summed E-state index contributed by atoms with van der Waals surface area (Å²) in [4.78, 5) is 12.4. The summed E-state index contributed by atoms with van der Waals surface area (Å²) in [5, 5.41) is 7.27. The third kappa shape index (κ3) is 3.26. The van der Waals surface area contributed by atoms with Gasteiger partial charge in [0.15, 0.2) is 11.5 Å². The minimum Gasteiger partial charge on any atom is -0.493 e. The fourth-order valence-electron chi connectivity index (χ4n) is 3.65. The number of methoxy groups -OCH3 is 2. The number of aromatic nitrogens is 2. The average Bonchev–Trinajstić information content (AvgIpc) is 3.20. The van der Waals surface area contributed by atoms with Crippen molar-refractivity contribution in [2.24, 2.45) is 0 Å². The SMILES string of the molecule is COc1cc2c(cc1OC)C(c1ccccc1Cn1cccn1)CC(=O)N2. The van der Waals surface area contributed by atoms with Gasteiger partial charge < -0.3 is 14.8 Å². The van der Waals surface area contributed by atoms with E-state index in [0.29, 0.717) is 24.5 Å². The van der Waals surface area contributed by atoms with Crippen LogP contribution in [0.3, 0.4) is 0 Å². The van der Waals surface area contributed by atoms with E-state index in [1.165, 1.54) is 0 Å². The lowest BCUT2D eigenvalue weighted by molar-refractivity contribution is -0.116. The number of carbonyl (C=O) groups is 1. The molecule has 138 valence electrons. The minimum absolute atomic E-state index is 0.00591.